The first-order valence-corrected chi connectivity index (χ1v) is 15.3. The van der Waals surface area contributed by atoms with E-state index in [2.05, 4.69) is 57.3 Å². The number of hydrogen-bond acceptors (Lipinski definition) is 4. The summed E-state index contributed by atoms with van der Waals surface area (Å²) in [4.78, 5) is 41.2. The minimum Gasteiger partial charge on any atom is -0.379 e. The lowest BCUT2D eigenvalue weighted by molar-refractivity contribution is -0.185. The van der Waals surface area contributed by atoms with E-state index in [0.29, 0.717) is 43.2 Å². The number of thiocarbonyl (C=S) groups is 1. The van der Waals surface area contributed by atoms with Crippen LogP contribution in [0.1, 0.15) is 91.0 Å². The van der Waals surface area contributed by atoms with Crippen LogP contribution in [0.25, 0.3) is 0 Å². The summed E-state index contributed by atoms with van der Waals surface area (Å²) in [5.74, 6) is 1.92. The number of fused-ring (bicyclic) bond motifs is 5. The number of carbonyl (C=O) groups is 3. The average molecular weight is 536 g/mol. The van der Waals surface area contributed by atoms with Crippen LogP contribution in [0.4, 0.5) is 0 Å². The molecule has 0 amide bonds. The SMILES string of the molecule is C[C@H](CCC(=S)NCCc1ccccc1)[C@H]1CC[C@@H]2[C@]1(C)C(=O)C[C@H]1[C@@]2(C)C(=O)CC2CC(=O)CC[C@@]21C. The third-order valence-electron chi connectivity index (χ3n) is 12.0. The average Bonchev–Trinajstić information content (AvgIpc) is 3.26. The van der Waals surface area contributed by atoms with Gasteiger partial charge in [0.05, 0.1) is 4.99 Å². The standard InChI is InChI=1S/C33H45NO3S/c1-21(10-13-30(38)34-17-15-22-8-6-5-7-9-22)25-11-12-26-32(25,3)29(37)20-27-31(2)16-14-24(35)18-23(31)19-28(36)33(26,27)4/h5-9,21,23,25-27H,10-20H2,1-4H3,(H,34,38)/t21-,23?,25-,26-,27-,31+,32-,33+/m1/s1. The summed E-state index contributed by atoms with van der Waals surface area (Å²) in [6.07, 6.45) is 7.68. The molecule has 5 heteroatoms. The minimum absolute atomic E-state index is 0.0652. The zero-order valence-corrected chi connectivity index (χ0v) is 24.5. The summed E-state index contributed by atoms with van der Waals surface area (Å²) in [5, 5.41) is 3.43. The van der Waals surface area contributed by atoms with Gasteiger partial charge < -0.3 is 5.32 Å². The molecule has 1 unspecified atom stereocenters. The summed E-state index contributed by atoms with van der Waals surface area (Å²) < 4.78 is 0. The molecular formula is C33H45NO3S. The second-order valence-electron chi connectivity index (χ2n) is 13.7. The molecule has 0 aromatic heterocycles. The van der Waals surface area contributed by atoms with Crippen molar-refractivity contribution >= 4 is 34.6 Å². The lowest BCUT2D eigenvalue weighted by Gasteiger charge is -2.63. The van der Waals surface area contributed by atoms with Crippen molar-refractivity contribution in [3.8, 4) is 0 Å². The number of Topliss-reactive ketones (excluding diaryl/α,β-unsaturated/α-hetero) is 3. The van der Waals surface area contributed by atoms with Crippen molar-refractivity contribution in [1.82, 2.24) is 5.32 Å². The molecule has 4 fully saturated rings. The van der Waals surface area contributed by atoms with E-state index in [0.717, 1.165) is 50.1 Å². The highest BCUT2D eigenvalue weighted by molar-refractivity contribution is 7.80. The molecule has 4 saturated carbocycles. The van der Waals surface area contributed by atoms with Crippen LogP contribution in [0, 0.1) is 45.8 Å². The monoisotopic (exact) mass is 535 g/mol. The van der Waals surface area contributed by atoms with Crippen LogP contribution in [-0.4, -0.2) is 28.9 Å². The molecule has 1 aromatic rings. The zero-order chi connectivity index (χ0) is 27.3. The molecule has 4 nitrogen and oxygen atoms in total. The van der Waals surface area contributed by atoms with Crippen LogP contribution in [0.15, 0.2) is 30.3 Å². The molecule has 0 saturated heterocycles. The molecule has 4 aliphatic rings. The van der Waals surface area contributed by atoms with Crippen molar-refractivity contribution in [3.05, 3.63) is 35.9 Å². The molecule has 0 radical (unpaired) electrons. The first-order valence-electron chi connectivity index (χ1n) is 14.9. The maximum atomic E-state index is 14.1. The summed E-state index contributed by atoms with van der Waals surface area (Å²) in [6.45, 7) is 9.81. The molecule has 0 bridgehead atoms. The van der Waals surface area contributed by atoms with Gasteiger partial charge in [-0.05, 0) is 79.1 Å². The third-order valence-corrected chi connectivity index (χ3v) is 12.3. The van der Waals surface area contributed by atoms with Gasteiger partial charge in [-0.25, -0.2) is 0 Å². The summed E-state index contributed by atoms with van der Waals surface area (Å²) >= 11 is 5.67. The van der Waals surface area contributed by atoms with Crippen molar-refractivity contribution < 1.29 is 14.4 Å². The minimum atomic E-state index is -0.461. The fourth-order valence-electron chi connectivity index (χ4n) is 9.64. The van der Waals surface area contributed by atoms with Gasteiger partial charge in [0.2, 0.25) is 0 Å². The van der Waals surface area contributed by atoms with Gasteiger partial charge in [0.15, 0.2) is 0 Å². The number of nitrogens with one attached hydrogen (secondary N) is 1. The molecule has 8 atom stereocenters. The predicted octanol–water partition coefficient (Wildman–Crippen LogP) is 6.54. The van der Waals surface area contributed by atoms with Gasteiger partial charge >= 0.3 is 0 Å². The Kier molecular flexibility index (Phi) is 7.47. The van der Waals surface area contributed by atoms with E-state index in [1.807, 2.05) is 6.07 Å². The van der Waals surface area contributed by atoms with Gasteiger partial charge in [-0.3, -0.25) is 14.4 Å². The highest BCUT2D eigenvalue weighted by Crippen LogP contribution is 2.70. The maximum Gasteiger partial charge on any atom is 0.139 e. The molecular weight excluding hydrogens is 490 g/mol. The van der Waals surface area contributed by atoms with Gasteiger partial charge in [-0.15, -0.1) is 0 Å². The molecule has 4 aliphatic carbocycles. The summed E-state index contributed by atoms with van der Waals surface area (Å²) in [6, 6.07) is 10.4. The molecule has 0 heterocycles. The van der Waals surface area contributed by atoms with E-state index in [1.165, 1.54) is 5.56 Å². The Hall–Kier alpha value is -1.88. The highest BCUT2D eigenvalue weighted by Gasteiger charge is 2.71. The number of ketones is 3. The van der Waals surface area contributed by atoms with E-state index >= 15 is 0 Å². The Morgan fingerprint density at radius 1 is 0.974 bits per heavy atom. The van der Waals surface area contributed by atoms with Crippen molar-refractivity contribution in [3.63, 3.8) is 0 Å². The molecule has 1 aromatic carbocycles. The van der Waals surface area contributed by atoms with E-state index in [4.69, 9.17) is 12.2 Å². The smallest absolute Gasteiger partial charge is 0.139 e. The molecule has 5 rings (SSSR count). The van der Waals surface area contributed by atoms with Gasteiger partial charge in [-0.1, -0.05) is 70.2 Å². The van der Waals surface area contributed by atoms with E-state index in [9.17, 15) is 14.4 Å². The van der Waals surface area contributed by atoms with Gasteiger partial charge in [0.25, 0.3) is 0 Å². The van der Waals surface area contributed by atoms with Gasteiger partial charge in [-0.2, -0.15) is 0 Å². The van der Waals surface area contributed by atoms with E-state index < -0.39 is 10.8 Å². The number of rotatable bonds is 7. The maximum absolute atomic E-state index is 14.1. The molecule has 1 N–H and O–H groups in total. The fourth-order valence-corrected chi connectivity index (χ4v) is 9.86. The van der Waals surface area contributed by atoms with Crippen LogP contribution in [0.3, 0.4) is 0 Å². The van der Waals surface area contributed by atoms with Crippen molar-refractivity contribution in [2.75, 3.05) is 6.54 Å². The first kappa shape index (κ1) is 27.7. The first-order chi connectivity index (χ1) is 18.0. The number of benzene rings is 1. The van der Waals surface area contributed by atoms with Gasteiger partial charge in [0, 0.05) is 43.1 Å². The van der Waals surface area contributed by atoms with Gasteiger partial charge in [0.1, 0.15) is 17.3 Å². The second-order valence-corrected chi connectivity index (χ2v) is 14.1. The predicted molar refractivity (Wildman–Crippen MR) is 155 cm³/mol. The van der Waals surface area contributed by atoms with E-state index in [-0.39, 0.29) is 34.9 Å². The second kappa shape index (κ2) is 10.3. The Labute approximate surface area is 234 Å². The normalized spacial score (nSPS) is 39.2. The van der Waals surface area contributed by atoms with Crippen LogP contribution in [-0.2, 0) is 20.8 Å². The number of hydrogen-bond donors (Lipinski definition) is 1. The van der Waals surface area contributed by atoms with E-state index in [1.54, 1.807) is 0 Å². The Bertz CT molecular complexity index is 1120. The molecule has 38 heavy (non-hydrogen) atoms. The lowest BCUT2D eigenvalue weighted by atomic mass is 9.38. The topological polar surface area (TPSA) is 63.2 Å². The van der Waals surface area contributed by atoms with Crippen molar-refractivity contribution in [2.24, 2.45) is 45.8 Å². The Morgan fingerprint density at radius 2 is 1.68 bits per heavy atom. The van der Waals surface area contributed by atoms with Crippen LogP contribution < -0.4 is 5.32 Å². The summed E-state index contributed by atoms with van der Waals surface area (Å²) in [7, 11) is 0. The van der Waals surface area contributed by atoms with Crippen LogP contribution in [0.2, 0.25) is 0 Å². The molecule has 0 spiro atoms. The van der Waals surface area contributed by atoms with Crippen LogP contribution >= 0.6 is 12.2 Å². The highest BCUT2D eigenvalue weighted by atomic mass is 32.1. The third kappa shape index (κ3) is 4.41. The Balaban J connectivity index is 1.26. The summed E-state index contributed by atoms with van der Waals surface area (Å²) in [5.41, 5.74) is 0.309. The van der Waals surface area contributed by atoms with Crippen molar-refractivity contribution in [2.45, 2.75) is 91.9 Å². The Morgan fingerprint density at radius 3 is 2.42 bits per heavy atom. The lowest BCUT2D eigenvalue weighted by Crippen LogP contribution is -2.65. The number of carbonyl (C=O) groups excluding carboxylic acids is 3. The quantitative estimate of drug-likeness (QED) is 0.402. The van der Waals surface area contributed by atoms with Crippen molar-refractivity contribution in [1.29, 1.82) is 0 Å². The molecule has 206 valence electrons. The molecule has 0 aliphatic heterocycles. The van der Waals surface area contributed by atoms with Crippen LogP contribution in [0.5, 0.6) is 0 Å². The largest absolute Gasteiger partial charge is 0.379 e. The zero-order valence-electron chi connectivity index (χ0n) is 23.7. The fraction of sp³-hybridized carbons (Fsp3) is 0.697.